The highest BCUT2D eigenvalue weighted by Gasteiger charge is 2.39. The van der Waals surface area contributed by atoms with Crippen molar-refractivity contribution in [3.8, 4) is 11.5 Å². The van der Waals surface area contributed by atoms with Crippen molar-refractivity contribution < 1.29 is 38.1 Å². The molecule has 0 unspecified atom stereocenters. The van der Waals surface area contributed by atoms with Crippen molar-refractivity contribution in [2.45, 2.75) is 32.7 Å². The fourth-order valence-electron chi connectivity index (χ4n) is 3.28. The Labute approximate surface area is 203 Å². The van der Waals surface area contributed by atoms with Gasteiger partial charge < -0.3 is 34.3 Å². The summed E-state index contributed by atoms with van der Waals surface area (Å²) in [5.41, 5.74) is 1.83. The SMILES string of the molecule is COc1cc(CCNC(=O)OCc2ccccc2)cc(NC=C2C(=O)OC(C)(C)OC2=O)c1OC. The molecule has 3 rings (SSSR count). The van der Waals surface area contributed by atoms with Crippen LogP contribution >= 0.6 is 0 Å². The van der Waals surface area contributed by atoms with Crippen LogP contribution < -0.4 is 20.1 Å². The van der Waals surface area contributed by atoms with Gasteiger partial charge in [0.1, 0.15) is 6.61 Å². The van der Waals surface area contributed by atoms with E-state index in [2.05, 4.69) is 10.6 Å². The molecule has 1 fully saturated rings. The maximum absolute atomic E-state index is 12.2. The Morgan fingerprint density at radius 3 is 2.31 bits per heavy atom. The summed E-state index contributed by atoms with van der Waals surface area (Å²) in [6.07, 6.45) is 1.11. The molecule has 1 heterocycles. The molecule has 1 aliphatic rings. The molecule has 2 aromatic rings. The van der Waals surface area contributed by atoms with Crippen molar-refractivity contribution in [2.24, 2.45) is 0 Å². The Bertz CT molecular complexity index is 1090. The molecule has 10 nitrogen and oxygen atoms in total. The second-order valence-corrected chi connectivity index (χ2v) is 8.00. The van der Waals surface area contributed by atoms with Gasteiger partial charge in [0.25, 0.3) is 5.79 Å². The van der Waals surface area contributed by atoms with Crippen molar-refractivity contribution in [1.29, 1.82) is 0 Å². The molecule has 0 saturated carbocycles. The number of cyclic esters (lactones) is 2. The van der Waals surface area contributed by atoms with E-state index in [-0.39, 0.29) is 12.2 Å². The van der Waals surface area contributed by atoms with Crippen LogP contribution in [0.3, 0.4) is 0 Å². The number of amides is 1. The third-order valence-corrected chi connectivity index (χ3v) is 4.92. The minimum absolute atomic E-state index is 0.174. The molecule has 0 bridgehead atoms. The van der Waals surface area contributed by atoms with Crippen LogP contribution in [0.25, 0.3) is 0 Å². The lowest BCUT2D eigenvalue weighted by molar-refractivity contribution is -0.222. The number of ether oxygens (including phenoxy) is 5. The number of benzene rings is 2. The lowest BCUT2D eigenvalue weighted by Gasteiger charge is -2.29. The maximum atomic E-state index is 12.2. The van der Waals surface area contributed by atoms with Gasteiger partial charge in [-0.3, -0.25) is 0 Å². The molecule has 186 valence electrons. The van der Waals surface area contributed by atoms with Gasteiger partial charge >= 0.3 is 18.0 Å². The first kappa shape index (κ1) is 25.4. The topological polar surface area (TPSA) is 121 Å². The number of hydrogen-bond acceptors (Lipinski definition) is 9. The van der Waals surface area contributed by atoms with Crippen LogP contribution in [0.5, 0.6) is 11.5 Å². The second-order valence-electron chi connectivity index (χ2n) is 8.00. The number of carbonyl (C=O) groups is 3. The van der Waals surface area contributed by atoms with E-state index in [1.54, 1.807) is 12.1 Å². The minimum atomic E-state index is -1.33. The normalized spacial score (nSPS) is 14.3. The van der Waals surface area contributed by atoms with Gasteiger partial charge in [0.15, 0.2) is 17.1 Å². The summed E-state index contributed by atoms with van der Waals surface area (Å²) in [7, 11) is 2.95. The van der Waals surface area contributed by atoms with Gasteiger partial charge in [-0.05, 0) is 29.7 Å². The zero-order valence-electron chi connectivity index (χ0n) is 20.0. The number of rotatable bonds is 9. The standard InChI is InChI=1S/C25H28N2O8/c1-25(2)34-22(28)18(23(29)35-25)14-27-19-12-17(13-20(31-3)21(19)32-4)10-11-26-24(30)33-15-16-8-6-5-7-9-16/h5-9,12-14,27H,10-11,15H2,1-4H3,(H,26,30). The van der Waals surface area contributed by atoms with E-state index in [0.717, 1.165) is 11.1 Å². The molecule has 2 aromatic carbocycles. The molecule has 0 atom stereocenters. The first-order chi connectivity index (χ1) is 16.7. The molecule has 1 saturated heterocycles. The summed E-state index contributed by atoms with van der Waals surface area (Å²) in [6.45, 7) is 3.41. The molecule has 1 amide bonds. The molecule has 2 N–H and O–H groups in total. The van der Waals surface area contributed by atoms with E-state index in [9.17, 15) is 14.4 Å². The monoisotopic (exact) mass is 484 g/mol. The summed E-state index contributed by atoms with van der Waals surface area (Å²) < 4.78 is 26.2. The Kier molecular flexibility index (Phi) is 8.19. The first-order valence-corrected chi connectivity index (χ1v) is 10.8. The number of hydrogen-bond donors (Lipinski definition) is 2. The van der Waals surface area contributed by atoms with E-state index in [4.69, 9.17) is 23.7 Å². The third-order valence-electron chi connectivity index (χ3n) is 4.92. The minimum Gasteiger partial charge on any atom is -0.493 e. The van der Waals surface area contributed by atoms with Crippen LogP contribution in [0, 0.1) is 0 Å². The fourth-order valence-corrected chi connectivity index (χ4v) is 3.28. The maximum Gasteiger partial charge on any atom is 0.407 e. The molecular weight excluding hydrogens is 456 g/mol. The molecule has 0 aliphatic carbocycles. The largest absolute Gasteiger partial charge is 0.493 e. The molecule has 0 radical (unpaired) electrons. The highest BCUT2D eigenvalue weighted by molar-refractivity contribution is 6.15. The van der Waals surface area contributed by atoms with E-state index >= 15 is 0 Å². The second kappa shape index (κ2) is 11.3. The Morgan fingerprint density at radius 1 is 1.00 bits per heavy atom. The average molecular weight is 485 g/mol. The van der Waals surface area contributed by atoms with Crippen molar-refractivity contribution in [3.63, 3.8) is 0 Å². The number of methoxy groups -OCH3 is 2. The molecule has 10 heteroatoms. The molecular formula is C25H28N2O8. The summed E-state index contributed by atoms with van der Waals surface area (Å²) in [5, 5.41) is 5.60. The van der Waals surface area contributed by atoms with E-state index in [0.29, 0.717) is 30.2 Å². The number of anilines is 1. The summed E-state index contributed by atoms with van der Waals surface area (Å²) >= 11 is 0. The Morgan fingerprint density at radius 2 is 1.69 bits per heavy atom. The lowest BCUT2D eigenvalue weighted by atomic mass is 10.1. The van der Waals surface area contributed by atoms with E-state index in [1.807, 2.05) is 30.3 Å². The number of nitrogens with one attached hydrogen (secondary N) is 2. The molecule has 35 heavy (non-hydrogen) atoms. The highest BCUT2D eigenvalue weighted by Crippen LogP contribution is 2.37. The van der Waals surface area contributed by atoms with Crippen LogP contribution in [0.15, 0.2) is 54.2 Å². The summed E-state index contributed by atoms with van der Waals surface area (Å²) in [6, 6.07) is 12.9. The number of alkyl carbamates (subject to hydrolysis) is 1. The van der Waals surface area contributed by atoms with Gasteiger partial charge in [-0.25, -0.2) is 14.4 Å². The quantitative estimate of drug-likeness (QED) is 0.314. The smallest absolute Gasteiger partial charge is 0.407 e. The van der Waals surface area contributed by atoms with Crippen LogP contribution in [0.1, 0.15) is 25.0 Å². The zero-order valence-corrected chi connectivity index (χ0v) is 20.0. The highest BCUT2D eigenvalue weighted by atomic mass is 16.7. The Hall–Kier alpha value is -4.21. The van der Waals surface area contributed by atoms with Crippen LogP contribution in [-0.2, 0) is 36.8 Å². The van der Waals surface area contributed by atoms with Gasteiger partial charge in [-0.15, -0.1) is 0 Å². The van der Waals surface area contributed by atoms with Gasteiger partial charge in [0, 0.05) is 26.6 Å². The van der Waals surface area contributed by atoms with Crippen LogP contribution in [0.4, 0.5) is 10.5 Å². The number of esters is 2. The van der Waals surface area contributed by atoms with Gasteiger partial charge in [-0.2, -0.15) is 0 Å². The van der Waals surface area contributed by atoms with Gasteiger partial charge in [-0.1, -0.05) is 30.3 Å². The van der Waals surface area contributed by atoms with Crippen LogP contribution in [-0.4, -0.2) is 44.6 Å². The zero-order chi connectivity index (χ0) is 25.4. The summed E-state index contributed by atoms with van der Waals surface area (Å²) in [4.78, 5) is 36.4. The van der Waals surface area contributed by atoms with Crippen molar-refractivity contribution in [2.75, 3.05) is 26.1 Å². The van der Waals surface area contributed by atoms with Gasteiger partial charge in [0.2, 0.25) is 0 Å². The molecule has 1 aliphatic heterocycles. The third kappa shape index (κ3) is 6.89. The first-order valence-electron chi connectivity index (χ1n) is 10.8. The Balaban J connectivity index is 1.66. The molecule has 0 spiro atoms. The average Bonchev–Trinajstić information content (AvgIpc) is 2.81. The predicted molar refractivity (Wildman–Crippen MR) is 126 cm³/mol. The fraction of sp³-hybridized carbons (Fsp3) is 0.320. The lowest BCUT2D eigenvalue weighted by Crippen LogP contribution is -2.42. The van der Waals surface area contributed by atoms with Gasteiger partial charge in [0.05, 0.1) is 19.9 Å². The van der Waals surface area contributed by atoms with Crippen molar-refractivity contribution in [3.05, 3.63) is 65.4 Å². The van der Waals surface area contributed by atoms with E-state index < -0.39 is 23.8 Å². The van der Waals surface area contributed by atoms with Crippen LogP contribution in [0.2, 0.25) is 0 Å². The summed E-state index contributed by atoms with van der Waals surface area (Å²) in [5.74, 6) is -2.16. The van der Waals surface area contributed by atoms with E-state index in [1.165, 1.54) is 34.3 Å². The molecule has 0 aromatic heterocycles. The van der Waals surface area contributed by atoms with Crippen molar-refractivity contribution in [1.82, 2.24) is 5.32 Å². The van der Waals surface area contributed by atoms with Crippen molar-refractivity contribution >= 4 is 23.7 Å². The predicted octanol–water partition coefficient (Wildman–Crippen LogP) is 3.30. The number of carbonyl (C=O) groups excluding carboxylic acids is 3.